The van der Waals surface area contributed by atoms with E-state index in [2.05, 4.69) is 20.0 Å². The topological polar surface area (TPSA) is 155 Å². The molecule has 2 amide bonds. The zero-order valence-corrected chi connectivity index (χ0v) is 9.70. The number of hydrogen-bond donors (Lipinski definition) is 4. The van der Waals surface area contributed by atoms with Crippen LogP contribution in [0.25, 0.3) is 0 Å². The number of carboxylic acids is 2. The van der Waals surface area contributed by atoms with Gasteiger partial charge in [-0.15, -0.1) is 0 Å². The average Bonchev–Trinajstić information content (AvgIpc) is 2.80. The Morgan fingerprint density at radius 2 is 2.11 bits per heavy atom. The molecule has 10 nitrogen and oxygen atoms in total. The number of rotatable bonds is 7. The van der Waals surface area contributed by atoms with Gasteiger partial charge in [0.1, 0.15) is 6.04 Å². The number of aromatic nitrogens is 2. The van der Waals surface area contributed by atoms with Crippen molar-refractivity contribution in [1.29, 1.82) is 0 Å². The lowest BCUT2D eigenvalue weighted by atomic mass is 10.2. The Bertz CT molecular complexity index is 446. The molecule has 0 bridgehead atoms. The van der Waals surface area contributed by atoms with Gasteiger partial charge in [0, 0.05) is 13.0 Å². The molecule has 0 aliphatic rings. The first-order valence-electron chi connectivity index (χ1n) is 5.23. The highest BCUT2D eigenvalue weighted by Crippen LogP contribution is 1.93. The van der Waals surface area contributed by atoms with E-state index < -0.39 is 30.4 Å². The Labute approximate surface area is 106 Å². The molecular weight excluding hydrogens is 260 g/mol. The molecule has 1 heterocycles. The van der Waals surface area contributed by atoms with Crippen molar-refractivity contribution in [2.24, 2.45) is 0 Å². The molecule has 0 aliphatic carbocycles. The van der Waals surface area contributed by atoms with Crippen LogP contribution in [0, 0.1) is 0 Å². The zero-order chi connectivity index (χ0) is 14.3. The van der Waals surface area contributed by atoms with Gasteiger partial charge in [-0.3, -0.25) is 4.79 Å². The van der Waals surface area contributed by atoms with Gasteiger partial charge in [0.05, 0.1) is 6.42 Å². The van der Waals surface area contributed by atoms with Gasteiger partial charge in [0.25, 0.3) is 0 Å². The van der Waals surface area contributed by atoms with Crippen LogP contribution in [-0.2, 0) is 16.0 Å². The van der Waals surface area contributed by atoms with E-state index in [4.69, 9.17) is 10.2 Å². The van der Waals surface area contributed by atoms with Gasteiger partial charge in [0.2, 0.25) is 6.39 Å². The number of carbonyl (C=O) groups is 3. The van der Waals surface area contributed by atoms with Gasteiger partial charge in [-0.05, 0) is 0 Å². The summed E-state index contributed by atoms with van der Waals surface area (Å²) in [4.78, 5) is 36.1. The van der Waals surface area contributed by atoms with Crippen LogP contribution in [0.1, 0.15) is 12.2 Å². The summed E-state index contributed by atoms with van der Waals surface area (Å²) in [5.74, 6) is -2.35. The van der Waals surface area contributed by atoms with Gasteiger partial charge in [0.15, 0.2) is 5.82 Å². The third-order valence-corrected chi connectivity index (χ3v) is 2.02. The van der Waals surface area contributed by atoms with Crippen molar-refractivity contribution in [2.45, 2.75) is 18.9 Å². The minimum absolute atomic E-state index is 0.158. The van der Waals surface area contributed by atoms with Crippen LogP contribution in [0.2, 0.25) is 0 Å². The molecule has 19 heavy (non-hydrogen) atoms. The van der Waals surface area contributed by atoms with Crippen LogP contribution in [0.5, 0.6) is 0 Å². The van der Waals surface area contributed by atoms with Gasteiger partial charge >= 0.3 is 18.0 Å². The number of hydrogen-bond acceptors (Lipinski definition) is 6. The Morgan fingerprint density at radius 3 is 2.63 bits per heavy atom. The van der Waals surface area contributed by atoms with E-state index in [9.17, 15) is 14.4 Å². The number of urea groups is 1. The van der Waals surface area contributed by atoms with E-state index in [0.717, 1.165) is 6.39 Å². The van der Waals surface area contributed by atoms with Crippen LogP contribution in [0.4, 0.5) is 4.79 Å². The predicted molar refractivity (Wildman–Crippen MR) is 58.2 cm³/mol. The summed E-state index contributed by atoms with van der Waals surface area (Å²) in [6.45, 7) is 0.158. The summed E-state index contributed by atoms with van der Waals surface area (Å²) in [5, 5.41) is 25.1. The molecule has 1 aromatic rings. The molecule has 4 N–H and O–H groups in total. The van der Waals surface area contributed by atoms with Crippen molar-refractivity contribution in [3.63, 3.8) is 0 Å². The SMILES string of the molecule is O=C(O)C[C@H](NC(=O)NCCc1ncon1)C(=O)O. The Hall–Kier alpha value is -2.65. The molecule has 0 aromatic carbocycles. The lowest BCUT2D eigenvalue weighted by Gasteiger charge is -2.12. The van der Waals surface area contributed by atoms with Crippen molar-refractivity contribution in [1.82, 2.24) is 20.8 Å². The summed E-state index contributed by atoms with van der Waals surface area (Å²) in [7, 11) is 0. The lowest BCUT2D eigenvalue weighted by Crippen LogP contribution is -2.47. The molecule has 1 rings (SSSR count). The molecule has 0 spiro atoms. The molecule has 0 aliphatic heterocycles. The Kier molecular flexibility index (Phi) is 5.26. The summed E-state index contributed by atoms with van der Waals surface area (Å²) in [5.41, 5.74) is 0. The van der Waals surface area contributed by atoms with Gasteiger partial charge in [-0.25, -0.2) is 9.59 Å². The zero-order valence-electron chi connectivity index (χ0n) is 9.70. The number of carboxylic acid groups (broad SMARTS) is 2. The third kappa shape index (κ3) is 5.48. The van der Waals surface area contributed by atoms with Gasteiger partial charge in [-0.2, -0.15) is 4.98 Å². The highest BCUT2D eigenvalue weighted by Gasteiger charge is 2.22. The van der Waals surface area contributed by atoms with Crippen LogP contribution in [0.3, 0.4) is 0 Å². The summed E-state index contributed by atoms with van der Waals surface area (Å²) in [6, 6.07) is -2.26. The highest BCUT2D eigenvalue weighted by atomic mass is 16.5. The quantitative estimate of drug-likeness (QED) is 0.484. The molecule has 0 unspecified atom stereocenters. The fraction of sp³-hybridized carbons (Fsp3) is 0.444. The third-order valence-electron chi connectivity index (χ3n) is 2.02. The molecule has 0 saturated heterocycles. The maximum atomic E-state index is 11.3. The minimum Gasteiger partial charge on any atom is -0.481 e. The number of carbonyl (C=O) groups excluding carboxylic acids is 1. The Morgan fingerprint density at radius 1 is 1.37 bits per heavy atom. The maximum absolute atomic E-state index is 11.3. The van der Waals surface area contributed by atoms with Crippen molar-refractivity contribution in [2.75, 3.05) is 6.54 Å². The predicted octanol–water partition coefficient (Wildman–Crippen LogP) is -1.16. The lowest BCUT2D eigenvalue weighted by molar-refractivity contribution is -0.145. The van der Waals surface area contributed by atoms with Gasteiger partial charge < -0.3 is 25.4 Å². The second-order valence-corrected chi connectivity index (χ2v) is 3.49. The minimum atomic E-state index is -1.48. The van der Waals surface area contributed by atoms with E-state index in [-0.39, 0.29) is 6.54 Å². The van der Waals surface area contributed by atoms with E-state index in [1.165, 1.54) is 0 Å². The molecule has 10 heteroatoms. The monoisotopic (exact) mass is 272 g/mol. The van der Waals surface area contributed by atoms with Gasteiger partial charge in [-0.1, -0.05) is 5.16 Å². The first-order chi connectivity index (χ1) is 8.99. The van der Waals surface area contributed by atoms with Crippen LogP contribution < -0.4 is 10.6 Å². The number of aliphatic carboxylic acids is 2. The van der Waals surface area contributed by atoms with Crippen LogP contribution in [0.15, 0.2) is 10.9 Å². The molecule has 0 saturated carbocycles. The Balaban J connectivity index is 2.32. The number of nitrogens with zero attached hydrogens (tertiary/aromatic N) is 2. The number of amides is 2. The average molecular weight is 272 g/mol. The first-order valence-corrected chi connectivity index (χ1v) is 5.23. The fourth-order valence-electron chi connectivity index (χ4n) is 1.17. The molecule has 0 radical (unpaired) electrons. The van der Waals surface area contributed by atoms with Crippen LogP contribution in [-0.4, -0.2) is 50.9 Å². The van der Waals surface area contributed by atoms with Crippen molar-refractivity contribution in [3.05, 3.63) is 12.2 Å². The normalized spacial score (nSPS) is 11.6. The maximum Gasteiger partial charge on any atom is 0.326 e. The second-order valence-electron chi connectivity index (χ2n) is 3.49. The summed E-state index contributed by atoms with van der Waals surface area (Å²) in [6.07, 6.45) is 0.747. The first kappa shape index (κ1) is 14.4. The second kappa shape index (κ2) is 6.93. The molecule has 0 fully saturated rings. The van der Waals surface area contributed by atoms with Crippen molar-refractivity contribution in [3.8, 4) is 0 Å². The van der Waals surface area contributed by atoms with E-state index in [1.807, 2.05) is 5.32 Å². The van der Waals surface area contributed by atoms with Crippen LogP contribution >= 0.6 is 0 Å². The largest absolute Gasteiger partial charge is 0.481 e. The molecule has 1 atom stereocenters. The molecule has 104 valence electrons. The van der Waals surface area contributed by atoms with Crippen molar-refractivity contribution < 1.29 is 29.1 Å². The standard InChI is InChI=1S/C9H12N4O6/c14-7(15)3-5(8(16)17)12-9(18)10-2-1-6-11-4-19-13-6/h4-5H,1-3H2,(H,14,15)(H,16,17)(H2,10,12,18)/t5-/m0/s1. The van der Waals surface area contributed by atoms with Crippen molar-refractivity contribution >= 4 is 18.0 Å². The fourth-order valence-corrected chi connectivity index (χ4v) is 1.17. The molecule has 1 aromatic heterocycles. The molecular formula is C9H12N4O6. The smallest absolute Gasteiger partial charge is 0.326 e. The summed E-state index contributed by atoms with van der Waals surface area (Å²) >= 11 is 0. The summed E-state index contributed by atoms with van der Waals surface area (Å²) < 4.78 is 4.48. The number of nitrogens with one attached hydrogen (secondary N) is 2. The highest BCUT2D eigenvalue weighted by molar-refractivity contribution is 5.86. The van der Waals surface area contributed by atoms with E-state index in [0.29, 0.717) is 12.2 Å². The van der Waals surface area contributed by atoms with E-state index in [1.54, 1.807) is 0 Å². The van der Waals surface area contributed by atoms with E-state index >= 15 is 0 Å².